The van der Waals surface area contributed by atoms with Crippen LogP contribution in [0.15, 0.2) is 90.2 Å². The molecule has 0 heteroatoms. The van der Waals surface area contributed by atoms with Crippen LogP contribution in [0.25, 0.3) is 0 Å². The molecule has 1 aliphatic carbocycles. The highest BCUT2D eigenvalue weighted by atomic mass is 14.4. The summed E-state index contributed by atoms with van der Waals surface area (Å²) < 4.78 is 0. The fourth-order valence-electron chi connectivity index (χ4n) is 5.20. The van der Waals surface area contributed by atoms with Crippen LogP contribution >= 0.6 is 0 Å². The van der Waals surface area contributed by atoms with E-state index >= 15 is 0 Å². The Morgan fingerprint density at radius 2 is 1.54 bits per heavy atom. The summed E-state index contributed by atoms with van der Waals surface area (Å²) >= 11 is 0. The van der Waals surface area contributed by atoms with Crippen LogP contribution in [0.2, 0.25) is 0 Å². The SMILES string of the molecule is C=C=C(CCc1ccc(C)cc1)/C(C=C)=C/C=C(\C)Cc1cc2c(cc1C)C(C)(C)CCC2(C)C. The number of rotatable bonds is 8. The summed E-state index contributed by atoms with van der Waals surface area (Å²) in [6.45, 7) is 24.3. The van der Waals surface area contributed by atoms with Crippen molar-refractivity contribution in [2.75, 3.05) is 0 Å². The molecule has 0 N–H and O–H groups in total. The fraction of sp³-hybridized carbons (Fsp3) is 0.400. The molecule has 1 aliphatic rings. The van der Waals surface area contributed by atoms with Crippen LogP contribution in [0, 0.1) is 13.8 Å². The normalized spacial score (nSPS) is 16.9. The summed E-state index contributed by atoms with van der Waals surface area (Å²) in [4.78, 5) is 0. The summed E-state index contributed by atoms with van der Waals surface area (Å²) in [5, 5.41) is 0. The van der Waals surface area contributed by atoms with E-state index in [4.69, 9.17) is 0 Å². The molecule has 0 bridgehead atoms. The smallest absolute Gasteiger partial charge is 0.000889 e. The first-order valence-electron chi connectivity index (χ1n) is 13.1. The monoisotopic (exact) mass is 464 g/mol. The third-order valence-corrected chi connectivity index (χ3v) is 7.89. The summed E-state index contributed by atoms with van der Waals surface area (Å²) in [6.07, 6.45) is 11.7. The Bertz CT molecular complexity index is 1190. The van der Waals surface area contributed by atoms with Crippen molar-refractivity contribution in [3.05, 3.63) is 124 Å². The molecule has 2 aromatic rings. The van der Waals surface area contributed by atoms with Crippen molar-refractivity contribution in [3.63, 3.8) is 0 Å². The average molecular weight is 465 g/mol. The van der Waals surface area contributed by atoms with Gasteiger partial charge in [-0.3, -0.25) is 0 Å². The van der Waals surface area contributed by atoms with Gasteiger partial charge >= 0.3 is 0 Å². The molecular weight excluding hydrogens is 420 g/mol. The quantitative estimate of drug-likeness (QED) is 0.269. The fourth-order valence-corrected chi connectivity index (χ4v) is 5.20. The molecular formula is C35H44. The molecule has 0 nitrogen and oxygen atoms in total. The Labute approximate surface area is 214 Å². The van der Waals surface area contributed by atoms with Crippen LogP contribution in [0.1, 0.15) is 87.3 Å². The van der Waals surface area contributed by atoms with Crippen molar-refractivity contribution in [3.8, 4) is 0 Å². The molecule has 3 rings (SSSR count). The van der Waals surface area contributed by atoms with Gasteiger partial charge in [-0.25, -0.2) is 0 Å². The number of allylic oxidation sites excluding steroid dienone is 6. The second-order valence-electron chi connectivity index (χ2n) is 11.7. The molecule has 2 aromatic carbocycles. The zero-order valence-corrected chi connectivity index (χ0v) is 23.1. The first-order valence-corrected chi connectivity index (χ1v) is 13.1. The van der Waals surface area contributed by atoms with Crippen LogP contribution in [-0.4, -0.2) is 0 Å². The number of hydrogen-bond donors (Lipinski definition) is 0. The van der Waals surface area contributed by atoms with Gasteiger partial charge in [0, 0.05) is 5.57 Å². The molecule has 0 saturated heterocycles. The van der Waals surface area contributed by atoms with Gasteiger partial charge in [0.05, 0.1) is 0 Å². The van der Waals surface area contributed by atoms with Gasteiger partial charge in [0.2, 0.25) is 0 Å². The lowest BCUT2D eigenvalue weighted by Gasteiger charge is -2.42. The maximum absolute atomic E-state index is 4.06. The highest BCUT2D eigenvalue weighted by molar-refractivity contribution is 5.48. The minimum atomic E-state index is 0.238. The lowest BCUT2D eigenvalue weighted by atomic mass is 9.62. The van der Waals surface area contributed by atoms with Gasteiger partial charge < -0.3 is 0 Å². The number of aryl methyl sites for hydroxylation is 3. The molecule has 0 saturated carbocycles. The molecule has 0 spiro atoms. The van der Waals surface area contributed by atoms with Gasteiger partial charge in [0.25, 0.3) is 0 Å². The van der Waals surface area contributed by atoms with E-state index in [0.717, 1.165) is 30.4 Å². The van der Waals surface area contributed by atoms with Gasteiger partial charge in [-0.1, -0.05) is 107 Å². The largest absolute Gasteiger partial charge is 0.125 e. The zero-order chi connectivity index (χ0) is 25.8. The maximum Gasteiger partial charge on any atom is 0.000889 e. The average Bonchev–Trinajstić information content (AvgIpc) is 2.81. The Morgan fingerprint density at radius 3 is 2.11 bits per heavy atom. The lowest BCUT2D eigenvalue weighted by Crippen LogP contribution is -2.34. The van der Waals surface area contributed by atoms with Crippen LogP contribution < -0.4 is 0 Å². The van der Waals surface area contributed by atoms with Gasteiger partial charge in [0.15, 0.2) is 0 Å². The predicted molar refractivity (Wildman–Crippen MR) is 154 cm³/mol. The highest BCUT2D eigenvalue weighted by Crippen LogP contribution is 2.46. The number of hydrogen-bond acceptors (Lipinski definition) is 0. The second-order valence-corrected chi connectivity index (χ2v) is 11.7. The van der Waals surface area contributed by atoms with Crippen LogP contribution in [0.4, 0.5) is 0 Å². The van der Waals surface area contributed by atoms with Gasteiger partial charge in [-0.2, -0.15) is 0 Å². The van der Waals surface area contributed by atoms with E-state index in [1.807, 2.05) is 6.08 Å². The molecule has 0 amide bonds. The molecule has 0 unspecified atom stereocenters. The second kappa shape index (κ2) is 10.8. The summed E-state index contributed by atoms with van der Waals surface area (Å²) in [7, 11) is 0. The van der Waals surface area contributed by atoms with E-state index in [9.17, 15) is 0 Å². The van der Waals surface area contributed by atoms with E-state index in [1.54, 1.807) is 5.56 Å². The van der Waals surface area contributed by atoms with Gasteiger partial charge in [0.1, 0.15) is 0 Å². The molecule has 0 radical (unpaired) electrons. The van der Waals surface area contributed by atoms with Crippen LogP contribution in [0.3, 0.4) is 0 Å². The molecule has 35 heavy (non-hydrogen) atoms. The van der Waals surface area contributed by atoms with E-state index in [1.165, 1.54) is 46.2 Å². The molecule has 0 fully saturated rings. The van der Waals surface area contributed by atoms with Crippen molar-refractivity contribution < 1.29 is 0 Å². The van der Waals surface area contributed by atoms with Crippen LogP contribution in [-0.2, 0) is 23.7 Å². The van der Waals surface area contributed by atoms with Gasteiger partial charge in [-0.05, 0) is 97.1 Å². The van der Waals surface area contributed by atoms with Crippen molar-refractivity contribution in [1.82, 2.24) is 0 Å². The first-order chi connectivity index (χ1) is 16.5. The highest BCUT2D eigenvalue weighted by Gasteiger charge is 2.37. The Morgan fingerprint density at radius 1 is 0.943 bits per heavy atom. The minimum absolute atomic E-state index is 0.238. The standard InChI is InChI=1S/C35H44/c1-10-29(30(11-2)19-17-28-15-12-25(3)13-16-28)18-14-26(4)22-31-24-33-32(23-27(31)5)34(6,7)20-21-35(33,8)9/h10,12-16,18,23-24H,1-2,17,19-22H2,3-9H3/b26-14+,29-18+. The third kappa shape index (κ3) is 6.45. The predicted octanol–water partition coefficient (Wildman–Crippen LogP) is 9.60. The Kier molecular flexibility index (Phi) is 8.30. The third-order valence-electron chi connectivity index (χ3n) is 7.89. The summed E-state index contributed by atoms with van der Waals surface area (Å²) in [5.74, 6) is 0. The summed E-state index contributed by atoms with van der Waals surface area (Å²) in [5.41, 5.74) is 15.8. The first kappa shape index (κ1) is 26.8. The summed E-state index contributed by atoms with van der Waals surface area (Å²) in [6, 6.07) is 13.7. The number of benzene rings is 2. The van der Waals surface area contributed by atoms with E-state index in [0.29, 0.717) is 0 Å². The van der Waals surface area contributed by atoms with E-state index in [2.05, 4.69) is 116 Å². The molecule has 0 aromatic heterocycles. The lowest BCUT2D eigenvalue weighted by molar-refractivity contribution is 0.331. The molecule has 184 valence electrons. The van der Waals surface area contributed by atoms with Crippen molar-refractivity contribution in [1.29, 1.82) is 0 Å². The van der Waals surface area contributed by atoms with Crippen molar-refractivity contribution >= 4 is 0 Å². The van der Waals surface area contributed by atoms with E-state index < -0.39 is 0 Å². The van der Waals surface area contributed by atoms with Crippen LogP contribution in [0.5, 0.6) is 0 Å². The molecule has 0 atom stereocenters. The Balaban J connectivity index is 1.79. The molecule has 0 aliphatic heterocycles. The topological polar surface area (TPSA) is 0 Å². The van der Waals surface area contributed by atoms with Crippen molar-refractivity contribution in [2.45, 2.75) is 91.4 Å². The zero-order valence-electron chi connectivity index (χ0n) is 23.1. The Hall–Kier alpha value is -2.82. The van der Waals surface area contributed by atoms with Gasteiger partial charge in [-0.15, -0.1) is 5.73 Å². The van der Waals surface area contributed by atoms with E-state index in [-0.39, 0.29) is 10.8 Å². The minimum Gasteiger partial charge on any atom is -0.125 e. The molecule has 0 heterocycles. The van der Waals surface area contributed by atoms with Crippen molar-refractivity contribution in [2.24, 2.45) is 0 Å². The maximum atomic E-state index is 4.06. The number of fused-ring (bicyclic) bond motifs is 1.